The topological polar surface area (TPSA) is 32.3 Å². The third-order valence-electron chi connectivity index (χ3n) is 2.93. The van der Waals surface area contributed by atoms with Gasteiger partial charge < -0.3 is 10.4 Å². The zero-order valence-electron chi connectivity index (χ0n) is 8.82. The number of aliphatic hydroxyl groups excluding tert-OH is 1. The smallest absolute Gasteiger partial charge is 0.133 e. The van der Waals surface area contributed by atoms with E-state index in [0.717, 1.165) is 17.2 Å². The van der Waals surface area contributed by atoms with Gasteiger partial charge in [0.15, 0.2) is 0 Å². The number of thioether (sulfide) groups is 1. The van der Waals surface area contributed by atoms with Gasteiger partial charge in [-0.25, -0.2) is 0 Å². The van der Waals surface area contributed by atoms with Gasteiger partial charge >= 0.3 is 0 Å². The van der Waals surface area contributed by atoms with Crippen molar-refractivity contribution in [2.24, 2.45) is 5.92 Å². The van der Waals surface area contributed by atoms with Gasteiger partial charge in [0.25, 0.3) is 0 Å². The molecule has 1 rings (SSSR count). The van der Waals surface area contributed by atoms with Crippen LogP contribution in [0.3, 0.4) is 0 Å². The van der Waals surface area contributed by atoms with Crippen LogP contribution in [0.5, 0.6) is 0 Å². The van der Waals surface area contributed by atoms with E-state index in [2.05, 4.69) is 5.32 Å². The molecule has 0 saturated heterocycles. The van der Waals surface area contributed by atoms with Gasteiger partial charge in [-0.1, -0.05) is 25.1 Å². The minimum Gasteiger partial charge on any atom is -0.393 e. The van der Waals surface area contributed by atoms with E-state index in [4.69, 9.17) is 12.2 Å². The summed E-state index contributed by atoms with van der Waals surface area (Å²) in [5.74, 6) is 0.369. The van der Waals surface area contributed by atoms with Crippen molar-refractivity contribution in [1.82, 2.24) is 5.32 Å². The molecule has 1 saturated carbocycles. The summed E-state index contributed by atoms with van der Waals surface area (Å²) in [5, 5.41) is 13.0. The second-order valence-corrected chi connectivity index (χ2v) is 5.41. The van der Waals surface area contributed by atoms with Crippen molar-refractivity contribution < 1.29 is 5.11 Å². The monoisotopic (exact) mass is 233 g/mol. The van der Waals surface area contributed by atoms with Gasteiger partial charge in [-0.2, -0.15) is 0 Å². The summed E-state index contributed by atoms with van der Waals surface area (Å²) in [6.45, 7) is 1.88. The number of aliphatic hydroxyl groups is 1. The summed E-state index contributed by atoms with van der Waals surface area (Å²) in [6.07, 6.45) is 6.49. The normalized spacial score (nSPS) is 29.6. The molecule has 0 amide bonds. The van der Waals surface area contributed by atoms with Crippen LogP contribution in [0.2, 0.25) is 0 Å². The second-order valence-electron chi connectivity index (χ2n) is 3.93. The van der Waals surface area contributed by atoms with E-state index in [1.54, 1.807) is 11.8 Å². The predicted molar refractivity (Wildman–Crippen MR) is 66.7 cm³/mol. The van der Waals surface area contributed by atoms with Crippen LogP contribution in [-0.4, -0.2) is 27.8 Å². The molecule has 0 unspecified atom stereocenters. The zero-order valence-corrected chi connectivity index (χ0v) is 10.5. The van der Waals surface area contributed by atoms with Crippen molar-refractivity contribution in [3.05, 3.63) is 0 Å². The van der Waals surface area contributed by atoms with Crippen LogP contribution >= 0.6 is 24.0 Å². The predicted octanol–water partition coefficient (Wildman–Crippen LogP) is 2.16. The van der Waals surface area contributed by atoms with Crippen LogP contribution in [-0.2, 0) is 0 Å². The fourth-order valence-electron chi connectivity index (χ4n) is 2.13. The third kappa shape index (κ3) is 3.41. The van der Waals surface area contributed by atoms with Crippen LogP contribution in [0.15, 0.2) is 0 Å². The molecule has 1 aliphatic rings. The quantitative estimate of drug-likeness (QED) is 0.716. The van der Waals surface area contributed by atoms with Crippen molar-refractivity contribution in [3.63, 3.8) is 0 Å². The summed E-state index contributed by atoms with van der Waals surface area (Å²) in [4.78, 5) is 0. The van der Waals surface area contributed by atoms with Crippen LogP contribution in [0.4, 0.5) is 0 Å². The number of hydrogen-bond acceptors (Lipinski definition) is 3. The van der Waals surface area contributed by atoms with E-state index in [-0.39, 0.29) is 6.10 Å². The molecule has 0 aliphatic heterocycles. The second kappa shape index (κ2) is 5.93. The maximum atomic E-state index is 9.64. The van der Waals surface area contributed by atoms with Gasteiger partial charge in [-0.3, -0.25) is 0 Å². The van der Waals surface area contributed by atoms with E-state index >= 15 is 0 Å². The average Bonchev–Trinajstić information content (AvgIpc) is 2.18. The molecule has 14 heavy (non-hydrogen) atoms. The third-order valence-corrected chi connectivity index (χ3v) is 4.03. The van der Waals surface area contributed by atoms with E-state index in [1.165, 1.54) is 12.8 Å². The van der Waals surface area contributed by atoms with Crippen molar-refractivity contribution in [3.8, 4) is 0 Å². The lowest BCUT2D eigenvalue weighted by atomic mass is 9.81. The number of hydrogen-bond donors (Lipinski definition) is 2. The first-order valence-electron chi connectivity index (χ1n) is 5.17. The molecule has 2 nitrogen and oxygen atoms in total. The highest BCUT2D eigenvalue weighted by Crippen LogP contribution is 2.27. The van der Waals surface area contributed by atoms with Crippen molar-refractivity contribution in [2.75, 3.05) is 6.26 Å². The summed E-state index contributed by atoms with van der Waals surface area (Å²) in [6, 6.07) is 0.378. The van der Waals surface area contributed by atoms with Crippen molar-refractivity contribution in [2.45, 2.75) is 44.8 Å². The summed E-state index contributed by atoms with van der Waals surface area (Å²) in [7, 11) is 0. The minimum absolute atomic E-state index is 0.225. The molecule has 0 radical (unpaired) electrons. The van der Waals surface area contributed by atoms with Gasteiger partial charge in [0.2, 0.25) is 0 Å². The van der Waals surface area contributed by atoms with Crippen molar-refractivity contribution in [1.29, 1.82) is 0 Å². The van der Waals surface area contributed by atoms with Crippen LogP contribution < -0.4 is 5.32 Å². The fourth-order valence-corrected chi connectivity index (χ4v) is 2.55. The Morgan fingerprint density at radius 2 is 2.14 bits per heavy atom. The largest absolute Gasteiger partial charge is 0.393 e. The fraction of sp³-hybridized carbons (Fsp3) is 0.900. The molecule has 1 fully saturated rings. The molecule has 0 heterocycles. The summed E-state index contributed by atoms with van der Waals surface area (Å²) < 4.78 is 0.850. The first kappa shape index (κ1) is 12.3. The Kier molecular flexibility index (Phi) is 5.20. The van der Waals surface area contributed by atoms with E-state index in [9.17, 15) is 5.11 Å². The molecule has 0 spiro atoms. The lowest BCUT2D eigenvalue weighted by molar-refractivity contribution is 0.0827. The Balaban J connectivity index is 2.49. The summed E-state index contributed by atoms with van der Waals surface area (Å²) >= 11 is 6.72. The Morgan fingerprint density at radius 1 is 1.50 bits per heavy atom. The number of rotatable bonds is 2. The highest BCUT2D eigenvalue weighted by molar-refractivity contribution is 8.22. The lowest BCUT2D eigenvalue weighted by Gasteiger charge is -2.34. The number of nitrogens with one attached hydrogen (secondary N) is 1. The molecule has 1 aliphatic carbocycles. The van der Waals surface area contributed by atoms with E-state index < -0.39 is 0 Å². The maximum Gasteiger partial charge on any atom is 0.133 e. The van der Waals surface area contributed by atoms with Gasteiger partial charge in [-0.15, -0.1) is 11.8 Å². The Labute approximate surface area is 95.8 Å². The molecule has 82 valence electrons. The zero-order chi connectivity index (χ0) is 10.6. The van der Waals surface area contributed by atoms with Crippen LogP contribution in [0, 0.1) is 5.92 Å². The standard InChI is InChI=1S/C10H19NOS2/c1-7(12)8-5-3-4-6-9(8)11-10(13)14-2/h7-9,12H,3-6H2,1-2H3,(H,11,13)/t7-,8-,9+/m1/s1. The van der Waals surface area contributed by atoms with E-state index in [0.29, 0.717) is 12.0 Å². The van der Waals surface area contributed by atoms with Gasteiger partial charge in [0.05, 0.1) is 6.10 Å². The molecule has 0 bridgehead atoms. The van der Waals surface area contributed by atoms with Crippen molar-refractivity contribution >= 4 is 28.3 Å². The van der Waals surface area contributed by atoms with E-state index in [1.807, 2.05) is 13.2 Å². The van der Waals surface area contributed by atoms with Gasteiger partial charge in [0, 0.05) is 12.0 Å². The highest BCUT2D eigenvalue weighted by Gasteiger charge is 2.28. The molecule has 3 atom stereocenters. The maximum absolute atomic E-state index is 9.64. The Hall–Kier alpha value is 0.200. The molecule has 0 aromatic carbocycles. The first-order chi connectivity index (χ1) is 6.65. The highest BCUT2D eigenvalue weighted by atomic mass is 32.2. The molecular formula is C10H19NOS2. The minimum atomic E-state index is -0.225. The number of thiocarbonyl (C=S) groups is 1. The Morgan fingerprint density at radius 3 is 2.71 bits per heavy atom. The SMILES string of the molecule is CSC(=S)N[C@H]1CCCC[C@@H]1[C@@H](C)O. The molecule has 2 N–H and O–H groups in total. The molecule has 0 aromatic heterocycles. The van der Waals surface area contributed by atoms with Crippen LogP contribution in [0.25, 0.3) is 0 Å². The molecule has 4 heteroatoms. The molecular weight excluding hydrogens is 214 g/mol. The van der Waals surface area contributed by atoms with Crippen LogP contribution in [0.1, 0.15) is 32.6 Å². The average molecular weight is 233 g/mol. The van der Waals surface area contributed by atoms with Gasteiger partial charge in [0.1, 0.15) is 4.32 Å². The Bertz CT molecular complexity index is 197. The van der Waals surface area contributed by atoms with Gasteiger partial charge in [-0.05, 0) is 26.0 Å². The molecule has 0 aromatic rings. The first-order valence-corrected chi connectivity index (χ1v) is 6.81. The lowest BCUT2D eigenvalue weighted by Crippen LogP contribution is -2.44. The summed E-state index contributed by atoms with van der Waals surface area (Å²) in [5.41, 5.74) is 0.